The van der Waals surface area contributed by atoms with Crippen molar-refractivity contribution in [1.29, 1.82) is 0 Å². The second-order valence-corrected chi connectivity index (χ2v) is 26.0. The summed E-state index contributed by atoms with van der Waals surface area (Å²) < 4.78 is 5.49. The predicted octanol–water partition coefficient (Wildman–Crippen LogP) is 24.7. The van der Waals surface area contributed by atoms with Crippen LogP contribution in [0.1, 0.15) is 418 Å². The molecule has 0 bridgehead atoms. The van der Waals surface area contributed by atoms with Crippen molar-refractivity contribution in [2.75, 3.05) is 13.2 Å². The fraction of sp³-hybridized carbons (Fsp3) is 0.896. The first-order valence-electron chi connectivity index (χ1n) is 37.7. The fourth-order valence-corrected chi connectivity index (χ4v) is 11.9. The summed E-state index contributed by atoms with van der Waals surface area (Å²) >= 11 is 0. The molecule has 0 aromatic carbocycles. The van der Waals surface area contributed by atoms with E-state index in [1.807, 2.05) is 0 Å². The van der Waals surface area contributed by atoms with E-state index in [9.17, 15) is 19.8 Å². The molecule has 83 heavy (non-hydrogen) atoms. The van der Waals surface area contributed by atoms with Crippen molar-refractivity contribution in [3.63, 3.8) is 0 Å². The lowest BCUT2D eigenvalue weighted by molar-refractivity contribution is -0.143. The zero-order valence-corrected chi connectivity index (χ0v) is 56.2. The quantitative estimate of drug-likeness (QED) is 0.0320. The van der Waals surface area contributed by atoms with Crippen LogP contribution >= 0.6 is 0 Å². The zero-order valence-electron chi connectivity index (χ0n) is 56.2. The summed E-state index contributed by atoms with van der Waals surface area (Å²) in [5.74, 6) is -0.0306. The van der Waals surface area contributed by atoms with Crippen molar-refractivity contribution in [2.24, 2.45) is 0 Å². The van der Waals surface area contributed by atoms with Crippen LogP contribution in [0.25, 0.3) is 0 Å². The highest BCUT2D eigenvalue weighted by atomic mass is 16.5. The van der Waals surface area contributed by atoms with Crippen LogP contribution in [0, 0.1) is 0 Å². The second-order valence-electron chi connectivity index (χ2n) is 26.0. The van der Waals surface area contributed by atoms with Crippen LogP contribution in [-0.4, -0.2) is 47.4 Å². The van der Waals surface area contributed by atoms with Gasteiger partial charge in [-0.2, -0.15) is 0 Å². The van der Waals surface area contributed by atoms with Crippen molar-refractivity contribution >= 4 is 11.9 Å². The molecule has 0 aliphatic rings. The molecule has 0 fully saturated rings. The van der Waals surface area contributed by atoms with Gasteiger partial charge in [0, 0.05) is 12.8 Å². The number of aliphatic hydroxyl groups is 2. The van der Waals surface area contributed by atoms with Crippen molar-refractivity contribution in [1.82, 2.24) is 5.32 Å². The van der Waals surface area contributed by atoms with E-state index in [1.54, 1.807) is 0 Å². The number of allylic oxidation sites excluding steroid dienone is 6. The monoisotopic (exact) mass is 1170 g/mol. The Morgan fingerprint density at radius 1 is 0.337 bits per heavy atom. The van der Waals surface area contributed by atoms with Crippen LogP contribution in [0.2, 0.25) is 0 Å². The molecule has 0 rings (SSSR count). The first-order chi connectivity index (χ1) is 41.0. The van der Waals surface area contributed by atoms with Crippen LogP contribution < -0.4 is 5.32 Å². The number of ether oxygens (including phenoxy) is 1. The molecule has 2 atom stereocenters. The summed E-state index contributed by atoms with van der Waals surface area (Å²) in [6.45, 7) is 4.97. The van der Waals surface area contributed by atoms with Crippen molar-refractivity contribution in [3.05, 3.63) is 36.5 Å². The van der Waals surface area contributed by atoms with E-state index in [0.29, 0.717) is 25.9 Å². The SMILES string of the molecule is CCCCCC/C=C\C/C=C\CCCCCCCC(=O)OCCCCCCCCCCCCCC/C=C\CCCCCCCCCCCCC(=O)NC(CO)C(O)CCCCCCCCCCCCCCCCCCCCCCCCCC. The van der Waals surface area contributed by atoms with E-state index in [2.05, 4.69) is 55.6 Å². The largest absolute Gasteiger partial charge is 0.466 e. The van der Waals surface area contributed by atoms with Crippen molar-refractivity contribution in [2.45, 2.75) is 431 Å². The number of carbonyl (C=O) groups excluding carboxylic acids is 2. The normalized spacial score (nSPS) is 12.7. The topological polar surface area (TPSA) is 95.9 Å². The number of nitrogens with one attached hydrogen (secondary N) is 1. The fourth-order valence-electron chi connectivity index (χ4n) is 11.9. The minimum Gasteiger partial charge on any atom is -0.466 e. The Kier molecular flexibility index (Phi) is 70.9. The number of rotatable bonds is 71. The number of aliphatic hydroxyl groups excluding tert-OH is 2. The van der Waals surface area contributed by atoms with Crippen LogP contribution in [0.5, 0.6) is 0 Å². The molecule has 0 aromatic heterocycles. The Labute approximate surface area is 519 Å². The number of hydrogen-bond donors (Lipinski definition) is 3. The maximum absolute atomic E-state index is 12.6. The Morgan fingerprint density at radius 3 is 0.940 bits per heavy atom. The highest BCUT2D eigenvalue weighted by Crippen LogP contribution is 2.19. The summed E-state index contributed by atoms with van der Waals surface area (Å²) in [5.41, 5.74) is 0. The maximum Gasteiger partial charge on any atom is 0.305 e. The smallest absolute Gasteiger partial charge is 0.305 e. The lowest BCUT2D eigenvalue weighted by Crippen LogP contribution is -2.45. The number of amides is 1. The van der Waals surface area contributed by atoms with Gasteiger partial charge >= 0.3 is 5.97 Å². The molecular weight excluding hydrogens is 1020 g/mol. The summed E-state index contributed by atoms with van der Waals surface area (Å²) in [6, 6.07) is -0.545. The zero-order chi connectivity index (χ0) is 59.9. The molecule has 1 amide bonds. The average molecular weight is 1170 g/mol. The summed E-state index contributed by atoms with van der Waals surface area (Å²) in [7, 11) is 0. The molecule has 0 aromatic rings. The van der Waals surface area contributed by atoms with Gasteiger partial charge in [-0.25, -0.2) is 0 Å². The van der Waals surface area contributed by atoms with E-state index in [4.69, 9.17) is 4.74 Å². The van der Waals surface area contributed by atoms with E-state index < -0.39 is 12.1 Å². The molecule has 0 aliphatic carbocycles. The molecule has 0 aliphatic heterocycles. The number of carbonyl (C=O) groups is 2. The predicted molar refractivity (Wildman–Crippen MR) is 366 cm³/mol. The Morgan fingerprint density at radius 2 is 0.602 bits per heavy atom. The third kappa shape index (κ3) is 69.1. The Hall–Kier alpha value is -1.92. The minimum atomic E-state index is -0.668. The van der Waals surface area contributed by atoms with Gasteiger partial charge in [0.05, 0.1) is 25.4 Å². The third-order valence-corrected chi connectivity index (χ3v) is 17.7. The summed E-state index contributed by atoms with van der Waals surface area (Å²) in [6.07, 6.45) is 93.5. The highest BCUT2D eigenvalue weighted by Gasteiger charge is 2.20. The van der Waals surface area contributed by atoms with Gasteiger partial charge in [0.25, 0.3) is 0 Å². The van der Waals surface area contributed by atoms with Gasteiger partial charge in [0.15, 0.2) is 0 Å². The molecule has 6 nitrogen and oxygen atoms in total. The van der Waals surface area contributed by atoms with E-state index >= 15 is 0 Å². The van der Waals surface area contributed by atoms with Crippen LogP contribution in [0.4, 0.5) is 0 Å². The number of unbranched alkanes of at least 4 members (excludes halogenated alkanes) is 54. The Balaban J connectivity index is 3.39. The molecule has 490 valence electrons. The molecule has 0 radical (unpaired) electrons. The van der Waals surface area contributed by atoms with E-state index in [0.717, 1.165) is 51.4 Å². The van der Waals surface area contributed by atoms with Crippen LogP contribution in [0.15, 0.2) is 36.5 Å². The molecule has 6 heteroatoms. The van der Waals surface area contributed by atoms with E-state index in [-0.39, 0.29) is 18.5 Å². The van der Waals surface area contributed by atoms with Gasteiger partial charge in [-0.15, -0.1) is 0 Å². The highest BCUT2D eigenvalue weighted by molar-refractivity contribution is 5.76. The molecular formula is C77H147NO5. The van der Waals surface area contributed by atoms with Gasteiger partial charge in [0.1, 0.15) is 0 Å². The van der Waals surface area contributed by atoms with Crippen LogP contribution in [0.3, 0.4) is 0 Å². The van der Waals surface area contributed by atoms with Gasteiger partial charge in [0.2, 0.25) is 5.91 Å². The number of esters is 1. The minimum absolute atomic E-state index is 0.00162. The van der Waals surface area contributed by atoms with E-state index in [1.165, 1.54) is 334 Å². The molecule has 0 heterocycles. The average Bonchev–Trinajstić information content (AvgIpc) is 3.49. The second kappa shape index (κ2) is 72.6. The molecule has 0 saturated carbocycles. The van der Waals surface area contributed by atoms with Crippen LogP contribution in [-0.2, 0) is 14.3 Å². The molecule has 3 N–H and O–H groups in total. The lowest BCUT2D eigenvalue weighted by Gasteiger charge is -2.22. The maximum atomic E-state index is 12.6. The third-order valence-electron chi connectivity index (χ3n) is 17.7. The molecule has 2 unspecified atom stereocenters. The lowest BCUT2D eigenvalue weighted by atomic mass is 10.0. The molecule has 0 spiro atoms. The Bertz CT molecular complexity index is 1340. The first kappa shape index (κ1) is 81.1. The van der Waals surface area contributed by atoms with Gasteiger partial charge in [-0.05, 0) is 83.5 Å². The standard InChI is InChI=1S/C77H147NO5/c1-3-5-7-9-11-13-15-17-19-21-22-23-24-29-32-35-38-41-45-49-53-57-61-65-69-75(80)74(73-79)78-76(81)70-66-62-58-54-50-46-42-39-36-33-30-27-25-26-28-31-34-37-40-44-48-52-56-60-64-68-72-83-77(82)71-67-63-59-55-51-47-43-20-18-16-14-12-10-8-6-4-2/h14,16,20,25,27,43,74-75,79-80H,3-13,15,17-19,21-24,26,28-42,44-73H2,1-2H3,(H,78,81)/b16-14-,27-25-,43-20-. The first-order valence-corrected chi connectivity index (χ1v) is 37.7. The number of hydrogen-bond acceptors (Lipinski definition) is 5. The summed E-state index contributed by atoms with van der Waals surface area (Å²) in [4.78, 5) is 24.7. The molecule has 0 saturated heterocycles. The van der Waals surface area contributed by atoms with Gasteiger partial charge < -0.3 is 20.3 Å². The van der Waals surface area contributed by atoms with Crippen molar-refractivity contribution in [3.8, 4) is 0 Å². The van der Waals surface area contributed by atoms with Gasteiger partial charge in [-0.3, -0.25) is 9.59 Å². The van der Waals surface area contributed by atoms with Crippen molar-refractivity contribution < 1.29 is 24.5 Å². The summed E-state index contributed by atoms with van der Waals surface area (Å²) in [5, 5.41) is 23.5. The van der Waals surface area contributed by atoms with Gasteiger partial charge in [-0.1, -0.05) is 359 Å².